The SMILES string of the molecule is CCNC(=NCc1ccc(Cn2ccccc2=O)cc1)NCc1ccccc1OC(F)F.I. The Labute approximate surface area is 208 Å². The zero-order valence-corrected chi connectivity index (χ0v) is 20.5. The molecule has 33 heavy (non-hydrogen) atoms. The molecule has 0 unspecified atom stereocenters. The molecule has 1 aromatic heterocycles. The van der Waals surface area contributed by atoms with Gasteiger partial charge in [0, 0.05) is 30.9 Å². The minimum atomic E-state index is -2.87. The third kappa shape index (κ3) is 8.49. The number of rotatable bonds is 9. The van der Waals surface area contributed by atoms with Crippen LogP contribution in [-0.4, -0.2) is 23.7 Å². The van der Waals surface area contributed by atoms with Crippen molar-refractivity contribution in [3.8, 4) is 5.75 Å². The number of aliphatic imine (C=N–C) groups is 1. The lowest BCUT2D eigenvalue weighted by molar-refractivity contribution is -0.0504. The zero-order valence-electron chi connectivity index (χ0n) is 18.2. The van der Waals surface area contributed by atoms with Gasteiger partial charge in [-0.05, 0) is 30.2 Å². The summed E-state index contributed by atoms with van der Waals surface area (Å²) in [4.78, 5) is 16.4. The largest absolute Gasteiger partial charge is 0.434 e. The van der Waals surface area contributed by atoms with Gasteiger partial charge in [-0.25, -0.2) is 4.99 Å². The summed E-state index contributed by atoms with van der Waals surface area (Å²) in [7, 11) is 0. The minimum Gasteiger partial charge on any atom is -0.434 e. The Balaban J connectivity index is 0.00000385. The maximum Gasteiger partial charge on any atom is 0.387 e. The van der Waals surface area contributed by atoms with E-state index in [9.17, 15) is 13.6 Å². The van der Waals surface area contributed by atoms with Crippen molar-refractivity contribution in [3.05, 3.63) is 100.0 Å². The standard InChI is InChI=1S/C24H26F2N4O2.HI/c1-2-27-24(29-16-20-7-3-4-8-21(20)32-23(25)26)28-15-18-10-12-19(13-11-18)17-30-14-6-5-9-22(30)31;/h3-14,23H,2,15-17H2,1H3,(H2,27,28,29);1H. The average Bonchev–Trinajstić information content (AvgIpc) is 2.79. The van der Waals surface area contributed by atoms with Crippen LogP contribution in [0.1, 0.15) is 23.6 Å². The lowest BCUT2D eigenvalue weighted by atomic mass is 10.1. The highest BCUT2D eigenvalue weighted by Crippen LogP contribution is 2.19. The summed E-state index contributed by atoms with van der Waals surface area (Å²) < 4.78 is 31.4. The number of ether oxygens (including phenoxy) is 1. The highest BCUT2D eigenvalue weighted by Gasteiger charge is 2.09. The first-order chi connectivity index (χ1) is 15.5. The number of hydrogen-bond donors (Lipinski definition) is 2. The van der Waals surface area contributed by atoms with Crippen LogP contribution in [0.3, 0.4) is 0 Å². The van der Waals surface area contributed by atoms with Gasteiger partial charge in [-0.15, -0.1) is 24.0 Å². The molecule has 0 aliphatic rings. The fraction of sp³-hybridized carbons (Fsp3) is 0.250. The molecule has 2 aromatic carbocycles. The Bertz CT molecular complexity index is 1090. The number of nitrogens with zero attached hydrogens (tertiary/aromatic N) is 2. The number of aromatic nitrogens is 1. The highest BCUT2D eigenvalue weighted by atomic mass is 127. The molecule has 9 heteroatoms. The van der Waals surface area contributed by atoms with Crippen molar-refractivity contribution < 1.29 is 13.5 Å². The second-order valence-corrected chi connectivity index (χ2v) is 7.02. The number of guanidine groups is 1. The third-order valence-electron chi connectivity index (χ3n) is 4.67. The molecular formula is C24H27F2IN4O2. The van der Waals surface area contributed by atoms with Gasteiger partial charge in [0.2, 0.25) is 0 Å². The molecule has 0 aliphatic carbocycles. The normalized spacial score (nSPS) is 11.1. The van der Waals surface area contributed by atoms with Crippen LogP contribution in [0.4, 0.5) is 8.78 Å². The zero-order chi connectivity index (χ0) is 22.8. The van der Waals surface area contributed by atoms with E-state index in [0.29, 0.717) is 37.7 Å². The summed E-state index contributed by atoms with van der Waals surface area (Å²) in [6, 6.07) is 19.6. The topological polar surface area (TPSA) is 67.7 Å². The van der Waals surface area contributed by atoms with E-state index in [1.165, 1.54) is 12.1 Å². The minimum absolute atomic E-state index is 0. The molecule has 6 nitrogen and oxygen atoms in total. The molecule has 0 aliphatic heterocycles. The molecular weight excluding hydrogens is 541 g/mol. The van der Waals surface area contributed by atoms with Gasteiger partial charge in [-0.3, -0.25) is 4.79 Å². The number of halogens is 3. The van der Waals surface area contributed by atoms with Gasteiger partial charge in [-0.1, -0.05) is 48.5 Å². The third-order valence-corrected chi connectivity index (χ3v) is 4.67. The molecule has 1 heterocycles. The van der Waals surface area contributed by atoms with E-state index in [1.807, 2.05) is 37.3 Å². The number of pyridine rings is 1. The van der Waals surface area contributed by atoms with E-state index < -0.39 is 6.61 Å². The van der Waals surface area contributed by atoms with E-state index >= 15 is 0 Å². The molecule has 0 amide bonds. The molecule has 176 valence electrons. The van der Waals surface area contributed by atoms with Crippen LogP contribution < -0.4 is 20.9 Å². The Morgan fingerprint density at radius 2 is 1.70 bits per heavy atom. The first-order valence-electron chi connectivity index (χ1n) is 10.3. The van der Waals surface area contributed by atoms with Crippen molar-refractivity contribution >= 4 is 29.9 Å². The fourth-order valence-corrected chi connectivity index (χ4v) is 3.09. The summed E-state index contributed by atoms with van der Waals surface area (Å²) in [5.74, 6) is 0.707. The summed E-state index contributed by atoms with van der Waals surface area (Å²) in [5, 5.41) is 6.29. The maximum atomic E-state index is 12.6. The van der Waals surface area contributed by atoms with Crippen LogP contribution >= 0.6 is 24.0 Å². The Kier molecular flexibility index (Phi) is 10.8. The molecule has 0 bridgehead atoms. The number of alkyl halides is 2. The van der Waals surface area contributed by atoms with Gasteiger partial charge in [-0.2, -0.15) is 8.78 Å². The number of nitrogens with one attached hydrogen (secondary N) is 2. The van der Waals surface area contributed by atoms with Crippen LogP contribution in [0, 0.1) is 0 Å². The van der Waals surface area contributed by atoms with E-state index in [2.05, 4.69) is 20.4 Å². The molecule has 0 fully saturated rings. The predicted octanol–water partition coefficient (Wildman–Crippen LogP) is 4.37. The first-order valence-corrected chi connectivity index (χ1v) is 10.3. The molecule has 0 radical (unpaired) electrons. The van der Waals surface area contributed by atoms with E-state index in [1.54, 1.807) is 35.0 Å². The van der Waals surface area contributed by atoms with Crippen molar-refractivity contribution in [2.45, 2.75) is 33.2 Å². The first kappa shape index (κ1) is 26.3. The number of hydrogen-bond acceptors (Lipinski definition) is 3. The molecule has 0 saturated heterocycles. The molecule has 3 aromatic rings. The summed E-state index contributed by atoms with van der Waals surface area (Å²) in [5.41, 5.74) is 2.60. The summed E-state index contributed by atoms with van der Waals surface area (Å²) in [6.45, 7) is 0.974. The lowest BCUT2D eigenvalue weighted by Crippen LogP contribution is -2.36. The van der Waals surface area contributed by atoms with Crippen LogP contribution in [0.15, 0.2) is 82.7 Å². The monoisotopic (exact) mass is 568 g/mol. The van der Waals surface area contributed by atoms with Gasteiger partial charge in [0.05, 0.1) is 13.1 Å². The van der Waals surface area contributed by atoms with Crippen molar-refractivity contribution in [1.82, 2.24) is 15.2 Å². The highest BCUT2D eigenvalue weighted by molar-refractivity contribution is 14.0. The second kappa shape index (κ2) is 13.6. The van der Waals surface area contributed by atoms with Crippen molar-refractivity contribution in [3.63, 3.8) is 0 Å². The fourth-order valence-electron chi connectivity index (χ4n) is 3.09. The second-order valence-electron chi connectivity index (χ2n) is 7.02. The summed E-state index contributed by atoms with van der Waals surface area (Å²) >= 11 is 0. The average molecular weight is 568 g/mol. The van der Waals surface area contributed by atoms with Crippen LogP contribution in [0.2, 0.25) is 0 Å². The number of para-hydroxylation sites is 1. The van der Waals surface area contributed by atoms with Crippen LogP contribution in [-0.2, 0) is 19.6 Å². The van der Waals surface area contributed by atoms with Gasteiger partial charge in [0.1, 0.15) is 5.75 Å². The lowest BCUT2D eigenvalue weighted by Gasteiger charge is -2.14. The predicted molar refractivity (Wildman–Crippen MR) is 136 cm³/mol. The van der Waals surface area contributed by atoms with E-state index in [4.69, 9.17) is 0 Å². The van der Waals surface area contributed by atoms with Gasteiger partial charge >= 0.3 is 6.61 Å². The van der Waals surface area contributed by atoms with Gasteiger partial charge in [0.25, 0.3) is 5.56 Å². The van der Waals surface area contributed by atoms with Crippen LogP contribution in [0.5, 0.6) is 5.75 Å². The molecule has 3 rings (SSSR count). The van der Waals surface area contributed by atoms with Crippen molar-refractivity contribution in [2.24, 2.45) is 4.99 Å². The number of benzene rings is 2. The molecule has 0 atom stereocenters. The Morgan fingerprint density at radius 3 is 2.39 bits per heavy atom. The maximum absolute atomic E-state index is 12.6. The summed E-state index contributed by atoms with van der Waals surface area (Å²) in [6.07, 6.45) is 1.76. The van der Waals surface area contributed by atoms with E-state index in [-0.39, 0.29) is 35.3 Å². The van der Waals surface area contributed by atoms with Gasteiger partial charge in [0.15, 0.2) is 5.96 Å². The van der Waals surface area contributed by atoms with Crippen molar-refractivity contribution in [2.75, 3.05) is 6.54 Å². The Hall–Kier alpha value is -2.95. The Morgan fingerprint density at radius 1 is 1.00 bits per heavy atom. The smallest absolute Gasteiger partial charge is 0.387 e. The van der Waals surface area contributed by atoms with E-state index in [0.717, 1.165) is 11.1 Å². The molecule has 0 spiro atoms. The quantitative estimate of drug-likeness (QED) is 0.229. The molecule has 0 saturated carbocycles. The molecule has 2 N–H and O–H groups in total. The van der Waals surface area contributed by atoms with Crippen molar-refractivity contribution in [1.29, 1.82) is 0 Å². The van der Waals surface area contributed by atoms with Gasteiger partial charge < -0.3 is 19.9 Å². The van der Waals surface area contributed by atoms with Crippen LogP contribution in [0.25, 0.3) is 0 Å².